The number of phenolic OH excluding ortho intramolecular Hbond substituents is 1. The summed E-state index contributed by atoms with van der Waals surface area (Å²) in [6.07, 6.45) is 3.13. The number of carbonyl (C=O) groups is 1. The summed E-state index contributed by atoms with van der Waals surface area (Å²) in [6.45, 7) is 5.21. The van der Waals surface area contributed by atoms with E-state index >= 15 is 0 Å². The monoisotopic (exact) mass is 334 g/mol. The zero-order chi connectivity index (χ0) is 17.6. The van der Waals surface area contributed by atoms with Crippen molar-refractivity contribution >= 4 is 17.6 Å². The van der Waals surface area contributed by atoms with Crippen LogP contribution in [0, 0.1) is 5.41 Å². The van der Waals surface area contributed by atoms with Gasteiger partial charge in [0, 0.05) is 30.2 Å². The number of rotatable bonds is 8. The SMILES string of the molecule is CCCC(CC)(CCOC(=O)O)C1=NN(c2cccc(O)c2)CC1. The number of benzene rings is 1. The highest BCUT2D eigenvalue weighted by atomic mass is 16.7. The van der Waals surface area contributed by atoms with Gasteiger partial charge in [0.05, 0.1) is 12.3 Å². The van der Waals surface area contributed by atoms with Gasteiger partial charge in [-0.15, -0.1) is 0 Å². The fraction of sp³-hybridized carbons (Fsp3) is 0.556. The van der Waals surface area contributed by atoms with E-state index in [9.17, 15) is 9.90 Å². The molecular weight excluding hydrogens is 308 g/mol. The van der Waals surface area contributed by atoms with Crippen LogP contribution in [0.4, 0.5) is 10.5 Å². The Morgan fingerprint density at radius 3 is 2.79 bits per heavy atom. The lowest BCUT2D eigenvalue weighted by Gasteiger charge is -2.32. The molecule has 1 aliphatic rings. The molecule has 0 fully saturated rings. The smallest absolute Gasteiger partial charge is 0.505 e. The van der Waals surface area contributed by atoms with Crippen molar-refractivity contribution in [3.05, 3.63) is 24.3 Å². The molecule has 1 aliphatic heterocycles. The number of hydrazone groups is 1. The molecule has 1 unspecified atom stereocenters. The number of ether oxygens (including phenoxy) is 1. The molecule has 0 aliphatic carbocycles. The van der Waals surface area contributed by atoms with Crippen LogP contribution < -0.4 is 5.01 Å². The predicted octanol–water partition coefficient (Wildman–Crippen LogP) is 4.24. The summed E-state index contributed by atoms with van der Waals surface area (Å²) in [7, 11) is 0. The summed E-state index contributed by atoms with van der Waals surface area (Å²) in [4.78, 5) is 10.6. The van der Waals surface area contributed by atoms with E-state index in [-0.39, 0.29) is 17.8 Å². The van der Waals surface area contributed by atoms with Crippen molar-refractivity contribution in [2.24, 2.45) is 10.5 Å². The first-order valence-corrected chi connectivity index (χ1v) is 8.51. The number of carboxylic acid groups (broad SMARTS) is 1. The quantitative estimate of drug-likeness (QED) is 0.695. The summed E-state index contributed by atoms with van der Waals surface area (Å²) in [6, 6.07) is 7.07. The minimum atomic E-state index is -1.23. The van der Waals surface area contributed by atoms with Gasteiger partial charge in [0.2, 0.25) is 0 Å². The molecule has 1 aromatic rings. The Labute approximate surface area is 142 Å². The maximum absolute atomic E-state index is 10.6. The summed E-state index contributed by atoms with van der Waals surface area (Å²) < 4.78 is 4.75. The molecule has 0 saturated heterocycles. The molecule has 132 valence electrons. The summed E-state index contributed by atoms with van der Waals surface area (Å²) in [5, 5.41) is 25.1. The molecule has 6 heteroatoms. The summed E-state index contributed by atoms with van der Waals surface area (Å²) in [5.41, 5.74) is 1.84. The van der Waals surface area contributed by atoms with Crippen LogP contribution in [0.15, 0.2) is 29.4 Å². The minimum Gasteiger partial charge on any atom is -0.508 e. The highest BCUT2D eigenvalue weighted by molar-refractivity contribution is 5.93. The first kappa shape index (κ1) is 18.1. The van der Waals surface area contributed by atoms with Crippen molar-refractivity contribution in [3.63, 3.8) is 0 Å². The Hall–Kier alpha value is -2.24. The first-order valence-electron chi connectivity index (χ1n) is 8.51. The van der Waals surface area contributed by atoms with Gasteiger partial charge in [0.15, 0.2) is 0 Å². The molecule has 2 N–H and O–H groups in total. The van der Waals surface area contributed by atoms with Gasteiger partial charge >= 0.3 is 6.16 Å². The van der Waals surface area contributed by atoms with Crippen LogP contribution >= 0.6 is 0 Å². The molecule has 0 spiro atoms. The van der Waals surface area contributed by atoms with E-state index in [2.05, 4.69) is 13.8 Å². The Balaban J connectivity index is 2.19. The van der Waals surface area contributed by atoms with E-state index in [1.54, 1.807) is 18.2 Å². The minimum absolute atomic E-state index is 0.129. The lowest BCUT2D eigenvalue weighted by atomic mass is 9.73. The topological polar surface area (TPSA) is 82.4 Å². The van der Waals surface area contributed by atoms with Crippen LogP contribution in [-0.4, -0.2) is 35.2 Å². The van der Waals surface area contributed by atoms with E-state index in [1.807, 2.05) is 11.1 Å². The summed E-state index contributed by atoms with van der Waals surface area (Å²) in [5.74, 6) is 0.223. The Bertz CT molecular complexity index is 602. The number of nitrogens with zero attached hydrogens (tertiary/aromatic N) is 2. The molecule has 1 heterocycles. The molecular formula is C18H26N2O4. The standard InChI is InChI=1S/C18H26N2O4/c1-3-9-18(4-2,10-12-24-17(22)23)16-8-11-20(19-16)14-6-5-7-15(21)13-14/h5-7,13,21H,3-4,8-12H2,1-2H3,(H,22,23). The van der Waals surface area contributed by atoms with E-state index in [4.69, 9.17) is 14.9 Å². The van der Waals surface area contributed by atoms with Gasteiger partial charge in [0.25, 0.3) is 0 Å². The van der Waals surface area contributed by atoms with Crippen LogP contribution in [-0.2, 0) is 4.74 Å². The molecule has 1 atom stereocenters. The van der Waals surface area contributed by atoms with E-state index in [0.29, 0.717) is 6.42 Å². The van der Waals surface area contributed by atoms with Crippen molar-refractivity contribution in [2.75, 3.05) is 18.2 Å². The van der Waals surface area contributed by atoms with Gasteiger partial charge in [-0.3, -0.25) is 5.01 Å². The second-order valence-corrected chi connectivity index (χ2v) is 6.19. The van der Waals surface area contributed by atoms with Crippen LogP contribution in [0.3, 0.4) is 0 Å². The fourth-order valence-electron chi connectivity index (χ4n) is 3.45. The molecule has 0 bridgehead atoms. The molecule has 0 radical (unpaired) electrons. The zero-order valence-electron chi connectivity index (χ0n) is 14.4. The van der Waals surface area contributed by atoms with Crippen molar-refractivity contribution in [1.29, 1.82) is 0 Å². The van der Waals surface area contributed by atoms with E-state index < -0.39 is 6.16 Å². The molecule has 2 rings (SSSR count). The third-order valence-corrected chi connectivity index (χ3v) is 4.75. The maximum atomic E-state index is 10.6. The largest absolute Gasteiger partial charge is 0.508 e. The predicted molar refractivity (Wildman–Crippen MR) is 93.7 cm³/mol. The number of phenols is 1. The average molecular weight is 334 g/mol. The molecule has 0 amide bonds. The molecule has 1 aromatic carbocycles. The number of aromatic hydroxyl groups is 1. The second-order valence-electron chi connectivity index (χ2n) is 6.19. The third-order valence-electron chi connectivity index (χ3n) is 4.75. The van der Waals surface area contributed by atoms with Crippen LogP contribution in [0.25, 0.3) is 0 Å². The van der Waals surface area contributed by atoms with Crippen molar-refractivity contribution in [2.45, 2.75) is 46.0 Å². The normalized spacial score (nSPS) is 16.6. The Morgan fingerprint density at radius 2 is 2.17 bits per heavy atom. The number of anilines is 1. The van der Waals surface area contributed by atoms with Crippen LogP contribution in [0.5, 0.6) is 5.75 Å². The number of hydrogen-bond acceptors (Lipinski definition) is 5. The van der Waals surface area contributed by atoms with Gasteiger partial charge in [-0.25, -0.2) is 4.79 Å². The second kappa shape index (κ2) is 8.04. The van der Waals surface area contributed by atoms with E-state index in [1.165, 1.54) is 0 Å². The fourth-order valence-corrected chi connectivity index (χ4v) is 3.45. The third kappa shape index (κ3) is 4.19. The molecule has 6 nitrogen and oxygen atoms in total. The van der Waals surface area contributed by atoms with Crippen molar-refractivity contribution in [3.8, 4) is 5.75 Å². The lowest BCUT2D eigenvalue weighted by molar-refractivity contribution is 0.0812. The van der Waals surface area contributed by atoms with Gasteiger partial charge in [0.1, 0.15) is 5.75 Å². The highest BCUT2D eigenvalue weighted by Gasteiger charge is 2.36. The van der Waals surface area contributed by atoms with Gasteiger partial charge in [-0.05, 0) is 31.4 Å². The van der Waals surface area contributed by atoms with Crippen molar-refractivity contribution < 1.29 is 19.7 Å². The lowest BCUT2D eigenvalue weighted by Crippen LogP contribution is -2.31. The zero-order valence-corrected chi connectivity index (χ0v) is 14.4. The maximum Gasteiger partial charge on any atom is 0.505 e. The molecule has 0 aromatic heterocycles. The average Bonchev–Trinajstić information content (AvgIpc) is 3.04. The number of hydrogen-bond donors (Lipinski definition) is 2. The highest BCUT2D eigenvalue weighted by Crippen LogP contribution is 2.38. The van der Waals surface area contributed by atoms with Crippen molar-refractivity contribution in [1.82, 2.24) is 0 Å². The van der Waals surface area contributed by atoms with Gasteiger partial charge in [-0.2, -0.15) is 5.10 Å². The van der Waals surface area contributed by atoms with E-state index in [0.717, 1.165) is 43.6 Å². The van der Waals surface area contributed by atoms with Gasteiger partial charge in [-0.1, -0.05) is 26.3 Å². The van der Waals surface area contributed by atoms with Crippen LogP contribution in [0.1, 0.15) is 46.0 Å². The van der Waals surface area contributed by atoms with Gasteiger partial charge < -0.3 is 14.9 Å². The van der Waals surface area contributed by atoms with Crippen LogP contribution in [0.2, 0.25) is 0 Å². The molecule has 0 saturated carbocycles. The Morgan fingerprint density at radius 1 is 1.38 bits per heavy atom. The molecule has 24 heavy (non-hydrogen) atoms. The first-order chi connectivity index (χ1) is 11.5. The Kier molecular flexibility index (Phi) is 6.06. The summed E-state index contributed by atoms with van der Waals surface area (Å²) >= 11 is 0.